The fourth-order valence-corrected chi connectivity index (χ4v) is 2.11. The second-order valence-corrected chi connectivity index (χ2v) is 6.40. The highest BCUT2D eigenvalue weighted by Crippen LogP contribution is 2.13. The van der Waals surface area contributed by atoms with Crippen LogP contribution < -0.4 is 15.8 Å². The van der Waals surface area contributed by atoms with Crippen molar-refractivity contribution in [1.82, 2.24) is 10.0 Å². The van der Waals surface area contributed by atoms with Crippen LogP contribution in [0.2, 0.25) is 5.02 Å². The molecule has 0 aliphatic heterocycles. The van der Waals surface area contributed by atoms with Crippen LogP contribution in [-0.4, -0.2) is 33.8 Å². The van der Waals surface area contributed by atoms with Crippen LogP contribution in [0.3, 0.4) is 0 Å². The first kappa shape index (κ1) is 24.6. The summed E-state index contributed by atoms with van der Waals surface area (Å²) in [6.07, 6.45) is 0.328. The van der Waals surface area contributed by atoms with Crippen molar-refractivity contribution in [2.45, 2.75) is 38.5 Å². The molecule has 4 N–H and O–H groups in total. The number of amides is 2. The lowest BCUT2D eigenvalue weighted by molar-refractivity contribution is -0.124. The molecule has 0 aromatic heterocycles. The van der Waals surface area contributed by atoms with E-state index in [0.717, 1.165) is 0 Å². The summed E-state index contributed by atoms with van der Waals surface area (Å²) in [5, 5.41) is 3.07. The smallest absolute Gasteiger partial charge is 0.240 e. The van der Waals surface area contributed by atoms with Crippen molar-refractivity contribution < 1.29 is 18.0 Å². The second kappa shape index (κ2) is 13.8. The molecule has 1 rings (SSSR count). The average Bonchev–Trinajstić information content (AvgIpc) is 2.56. The molecule has 0 fully saturated rings. The number of rotatable bonds is 6. The molecule has 7 nitrogen and oxygen atoms in total. The zero-order chi connectivity index (χ0) is 19.2. The van der Waals surface area contributed by atoms with Crippen molar-refractivity contribution in [2.24, 2.45) is 5.73 Å². The van der Waals surface area contributed by atoms with Gasteiger partial charge in [-0.2, -0.15) is 0 Å². The summed E-state index contributed by atoms with van der Waals surface area (Å²) in [5.74, 6) is -0.562. The lowest BCUT2D eigenvalue weighted by Gasteiger charge is -2.00. The second-order valence-electron chi connectivity index (χ2n) is 4.08. The fraction of sp³-hybridized carbons (Fsp3) is 0.467. The molecule has 0 aliphatic carbocycles. The van der Waals surface area contributed by atoms with Gasteiger partial charge in [-0.1, -0.05) is 25.4 Å². The highest BCUT2D eigenvalue weighted by Gasteiger charge is 2.09. The number of primary amides is 1. The van der Waals surface area contributed by atoms with E-state index >= 15 is 0 Å². The van der Waals surface area contributed by atoms with Gasteiger partial charge in [0.05, 0.1) is 4.90 Å². The zero-order valence-corrected chi connectivity index (χ0v) is 16.0. The number of sulfonamides is 1. The quantitative estimate of drug-likeness (QED) is 0.696. The molecule has 0 unspecified atom stereocenters. The van der Waals surface area contributed by atoms with Gasteiger partial charge in [0.2, 0.25) is 21.8 Å². The third kappa shape index (κ3) is 11.9. The number of carbonyl (C=O) groups is 2. The molecule has 2 amide bonds. The topological polar surface area (TPSA) is 118 Å². The minimum atomic E-state index is -3.32. The van der Waals surface area contributed by atoms with Gasteiger partial charge in [-0.3, -0.25) is 9.59 Å². The molecule has 1 aromatic carbocycles. The van der Waals surface area contributed by atoms with E-state index in [1.165, 1.54) is 31.3 Å². The number of benzene rings is 1. The molecule has 1 aromatic rings. The van der Waals surface area contributed by atoms with E-state index in [4.69, 9.17) is 17.3 Å². The predicted molar refractivity (Wildman–Crippen MR) is 96.2 cm³/mol. The third-order valence-electron chi connectivity index (χ3n) is 2.37. The Bertz CT molecular complexity index is 589. The van der Waals surface area contributed by atoms with Crippen molar-refractivity contribution in [3.05, 3.63) is 29.3 Å². The molecule has 0 bridgehead atoms. The van der Waals surface area contributed by atoms with Crippen LogP contribution in [0.1, 0.15) is 33.6 Å². The van der Waals surface area contributed by atoms with Crippen LogP contribution in [0.25, 0.3) is 0 Å². The number of hydrogen-bond donors (Lipinski definition) is 3. The number of nitrogens with one attached hydrogen (secondary N) is 2. The van der Waals surface area contributed by atoms with Gasteiger partial charge in [0.25, 0.3) is 0 Å². The number of hydrogen-bond acceptors (Lipinski definition) is 4. The summed E-state index contributed by atoms with van der Waals surface area (Å²) in [4.78, 5) is 21.0. The van der Waals surface area contributed by atoms with Gasteiger partial charge in [0, 0.05) is 24.4 Å². The summed E-state index contributed by atoms with van der Waals surface area (Å²) in [7, 11) is -1.96. The van der Waals surface area contributed by atoms with E-state index < -0.39 is 15.9 Å². The Balaban J connectivity index is 0. The molecule has 0 aliphatic rings. The van der Waals surface area contributed by atoms with Crippen LogP contribution in [0, 0.1) is 0 Å². The van der Waals surface area contributed by atoms with Gasteiger partial charge in [-0.05, 0) is 38.2 Å². The predicted octanol–water partition coefficient (Wildman–Crippen LogP) is 1.66. The maximum atomic E-state index is 11.2. The molecule has 0 radical (unpaired) electrons. The first-order valence-corrected chi connectivity index (χ1v) is 9.33. The van der Waals surface area contributed by atoms with Crippen molar-refractivity contribution in [3.8, 4) is 0 Å². The van der Waals surface area contributed by atoms with E-state index in [1.807, 2.05) is 20.8 Å². The van der Waals surface area contributed by atoms with Gasteiger partial charge >= 0.3 is 0 Å². The molecule has 0 saturated heterocycles. The van der Waals surface area contributed by atoms with E-state index in [0.29, 0.717) is 11.6 Å². The van der Waals surface area contributed by atoms with Crippen LogP contribution >= 0.6 is 11.6 Å². The van der Waals surface area contributed by atoms with Crippen LogP contribution in [0.5, 0.6) is 0 Å². The lowest BCUT2D eigenvalue weighted by atomic mass is 10.3. The molecule has 0 spiro atoms. The largest absolute Gasteiger partial charge is 0.370 e. The number of halogens is 1. The third-order valence-corrected chi connectivity index (χ3v) is 4.05. The summed E-state index contributed by atoms with van der Waals surface area (Å²) in [6.45, 7) is 6.42. The molecule has 9 heteroatoms. The van der Waals surface area contributed by atoms with Crippen LogP contribution in [0.4, 0.5) is 0 Å². The van der Waals surface area contributed by atoms with Gasteiger partial charge < -0.3 is 11.1 Å². The van der Waals surface area contributed by atoms with Crippen LogP contribution in [-0.2, 0) is 19.6 Å². The molecular weight excluding hydrogens is 354 g/mol. The Kier molecular flexibility index (Phi) is 14.1. The molecule has 0 saturated carbocycles. The zero-order valence-electron chi connectivity index (χ0n) is 14.4. The lowest BCUT2D eigenvalue weighted by Crippen LogP contribution is -2.24. The van der Waals surface area contributed by atoms with Crippen molar-refractivity contribution in [1.29, 1.82) is 0 Å². The Morgan fingerprint density at radius 3 is 2.00 bits per heavy atom. The Labute approximate surface area is 149 Å². The summed E-state index contributed by atoms with van der Waals surface area (Å²) < 4.78 is 24.5. The fourth-order valence-electron chi connectivity index (χ4n) is 1.25. The molecule has 24 heavy (non-hydrogen) atoms. The molecule has 0 atom stereocenters. The van der Waals surface area contributed by atoms with Gasteiger partial charge in [-0.15, -0.1) is 0 Å². The Hall–Kier alpha value is -1.64. The minimum Gasteiger partial charge on any atom is -0.370 e. The Morgan fingerprint density at radius 2 is 1.62 bits per heavy atom. The maximum absolute atomic E-state index is 11.2. The minimum absolute atomic E-state index is 0.124. The first-order valence-electron chi connectivity index (χ1n) is 7.47. The normalized spacial score (nSPS) is 9.71. The van der Waals surface area contributed by atoms with Gasteiger partial charge in [0.15, 0.2) is 0 Å². The number of nitrogens with two attached hydrogens (primary N) is 1. The SMILES string of the molecule is CC.CCNC(=O)CCC(N)=O.CNS(=O)(=O)c1ccc(Cl)cc1. The van der Waals surface area contributed by atoms with E-state index in [1.54, 1.807) is 0 Å². The average molecular weight is 380 g/mol. The monoisotopic (exact) mass is 379 g/mol. The van der Waals surface area contributed by atoms with Crippen LogP contribution in [0.15, 0.2) is 29.2 Å². The van der Waals surface area contributed by atoms with Gasteiger partial charge in [0.1, 0.15) is 0 Å². The highest BCUT2D eigenvalue weighted by atomic mass is 35.5. The van der Waals surface area contributed by atoms with Gasteiger partial charge in [-0.25, -0.2) is 13.1 Å². The highest BCUT2D eigenvalue weighted by molar-refractivity contribution is 7.89. The van der Waals surface area contributed by atoms with Crippen molar-refractivity contribution >= 4 is 33.4 Å². The summed E-state index contributed by atoms with van der Waals surface area (Å²) >= 11 is 5.59. The Morgan fingerprint density at radius 1 is 1.12 bits per heavy atom. The summed E-state index contributed by atoms with van der Waals surface area (Å²) in [6, 6.07) is 5.97. The van der Waals surface area contributed by atoms with Crippen molar-refractivity contribution in [2.75, 3.05) is 13.6 Å². The molecule has 138 valence electrons. The number of carbonyl (C=O) groups excluding carboxylic acids is 2. The standard InChI is InChI=1S/C7H8ClNO2S.C6H12N2O2.C2H6/c1-9-12(10,11)7-4-2-6(8)3-5-7;1-2-8-6(10)4-3-5(7)9;1-2/h2-5,9H,1H3;2-4H2,1H3,(H2,7,9)(H,8,10);1-2H3. The summed E-state index contributed by atoms with van der Waals surface area (Å²) in [5.41, 5.74) is 4.82. The van der Waals surface area contributed by atoms with E-state index in [9.17, 15) is 18.0 Å². The maximum Gasteiger partial charge on any atom is 0.240 e. The molecule has 0 heterocycles. The van der Waals surface area contributed by atoms with E-state index in [2.05, 4.69) is 10.0 Å². The molecular formula is C15H26ClN3O4S. The first-order chi connectivity index (χ1) is 11.2. The van der Waals surface area contributed by atoms with E-state index in [-0.39, 0.29) is 23.6 Å². The van der Waals surface area contributed by atoms with Crippen molar-refractivity contribution in [3.63, 3.8) is 0 Å².